The summed E-state index contributed by atoms with van der Waals surface area (Å²) < 4.78 is 31.3. The molecule has 1 aliphatic rings. The van der Waals surface area contributed by atoms with Crippen LogP contribution in [-0.4, -0.2) is 35.2 Å². The molecule has 1 aromatic carbocycles. The highest BCUT2D eigenvalue weighted by atomic mass is 32.2. The zero-order chi connectivity index (χ0) is 15.6. The van der Waals surface area contributed by atoms with Crippen LogP contribution in [0.4, 0.5) is 0 Å². The van der Waals surface area contributed by atoms with Crippen LogP contribution in [0, 0.1) is 5.92 Å². The molecule has 1 aliphatic carbocycles. The molecular formula is C15H21N3O2S2. The lowest BCUT2D eigenvalue weighted by atomic mass is 9.87. The van der Waals surface area contributed by atoms with E-state index in [0.29, 0.717) is 17.7 Å². The van der Waals surface area contributed by atoms with Gasteiger partial charge in [-0.15, -0.1) is 0 Å². The molecule has 1 aromatic heterocycles. The molecule has 0 aliphatic heterocycles. The van der Waals surface area contributed by atoms with E-state index in [4.69, 9.17) is 0 Å². The lowest BCUT2D eigenvalue weighted by Gasteiger charge is -2.28. The summed E-state index contributed by atoms with van der Waals surface area (Å²) in [5, 5.41) is 3.59. The van der Waals surface area contributed by atoms with Gasteiger partial charge in [0.25, 0.3) is 0 Å². The molecule has 2 aromatic rings. The average molecular weight is 339 g/mol. The second kappa shape index (κ2) is 6.60. The van der Waals surface area contributed by atoms with Crippen molar-refractivity contribution < 1.29 is 8.42 Å². The highest BCUT2D eigenvalue weighted by Crippen LogP contribution is 2.26. The first kappa shape index (κ1) is 15.8. The van der Waals surface area contributed by atoms with Gasteiger partial charge in [-0.3, -0.25) is 0 Å². The summed E-state index contributed by atoms with van der Waals surface area (Å²) in [5.74, 6) is 0.669. The second-order valence-electron chi connectivity index (χ2n) is 6.24. The predicted octanol–water partition coefficient (Wildman–Crippen LogP) is 2.38. The summed E-state index contributed by atoms with van der Waals surface area (Å²) in [6, 6.07) is 6.56. The molecule has 120 valence electrons. The van der Waals surface area contributed by atoms with Gasteiger partial charge in [0, 0.05) is 18.8 Å². The van der Waals surface area contributed by atoms with Crippen molar-refractivity contribution in [1.82, 2.24) is 14.1 Å². The summed E-state index contributed by atoms with van der Waals surface area (Å²) in [7, 11) is -2.85. The lowest BCUT2D eigenvalue weighted by molar-refractivity contribution is 0.308. The van der Waals surface area contributed by atoms with E-state index in [1.54, 1.807) is 0 Å². The monoisotopic (exact) mass is 339 g/mol. The van der Waals surface area contributed by atoms with Gasteiger partial charge in [-0.1, -0.05) is 12.1 Å². The molecule has 3 rings (SSSR count). The van der Waals surface area contributed by atoms with Crippen molar-refractivity contribution in [2.24, 2.45) is 5.92 Å². The van der Waals surface area contributed by atoms with Gasteiger partial charge in [-0.2, -0.15) is 8.75 Å². The first-order valence-corrected chi connectivity index (χ1v) is 10.4. The number of fused-ring (bicyclic) bond motifs is 1. The minimum Gasteiger partial charge on any atom is -0.310 e. The van der Waals surface area contributed by atoms with E-state index in [9.17, 15) is 8.42 Å². The van der Waals surface area contributed by atoms with Gasteiger partial charge < -0.3 is 5.32 Å². The van der Waals surface area contributed by atoms with E-state index in [0.717, 1.165) is 43.3 Å². The van der Waals surface area contributed by atoms with E-state index in [1.165, 1.54) is 23.5 Å². The fraction of sp³-hybridized carbons (Fsp3) is 0.600. The number of rotatable bonds is 5. The Labute approximate surface area is 135 Å². The Morgan fingerprint density at radius 2 is 2.00 bits per heavy atom. The molecule has 1 N–H and O–H groups in total. The van der Waals surface area contributed by atoms with Gasteiger partial charge in [-0.05, 0) is 43.2 Å². The van der Waals surface area contributed by atoms with Crippen LogP contribution < -0.4 is 5.32 Å². The minimum absolute atomic E-state index is 0.333. The molecular weight excluding hydrogens is 318 g/mol. The van der Waals surface area contributed by atoms with Gasteiger partial charge >= 0.3 is 0 Å². The van der Waals surface area contributed by atoms with Gasteiger partial charge in [0.15, 0.2) is 0 Å². The molecule has 1 saturated carbocycles. The predicted molar refractivity (Wildman–Crippen MR) is 89.7 cm³/mol. The summed E-state index contributed by atoms with van der Waals surface area (Å²) >= 11 is 1.25. The van der Waals surface area contributed by atoms with Gasteiger partial charge in [-0.25, -0.2) is 8.42 Å². The van der Waals surface area contributed by atoms with Crippen LogP contribution in [0.25, 0.3) is 11.0 Å². The Bertz CT molecular complexity index is 734. The minimum atomic E-state index is -2.85. The molecule has 0 amide bonds. The van der Waals surface area contributed by atoms with Crippen LogP contribution in [0.15, 0.2) is 18.2 Å². The van der Waals surface area contributed by atoms with Crippen molar-refractivity contribution in [2.75, 3.05) is 12.0 Å². The SMILES string of the molecule is CS(=O)(=O)CC1CCC(NCc2cccc3nsnc23)CC1. The molecule has 0 atom stereocenters. The lowest BCUT2D eigenvalue weighted by Crippen LogP contribution is -2.34. The van der Waals surface area contributed by atoms with Crippen molar-refractivity contribution in [3.63, 3.8) is 0 Å². The maximum Gasteiger partial charge on any atom is 0.147 e. The summed E-state index contributed by atoms with van der Waals surface area (Å²) in [6.07, 6.45) is 5.41. The fourth-order valence-corrected chi connectivity index (χ4v) is 4.98. The number of benzene rings is 1. The first-order valence-electron chi connectivity index (χ1n) is 7.62. The van der Waals surface area contributed by atoms with Crippen LogP contribution in [0.2, 0.25) is 0 Å². The fourth-order valence-electron chi connectivity index (χ4n) is 3.22. The highest BCUT2D eigenvalue weighted by Gasteiger charge is 2.23. The molecule has 1 fully saturated rings. The van der Waals surface area contributed by atoms with Crippen LogP contribution in [0.3, 0.4) is 0 Å². The number of hydrogen-bond donors (Lipinski definition) is 1. The number of aromatic nitrogens is 2. The number of nitrogens with zero attached hydrogens (tertiary/aromatic N) is 2. The molecule has 7 heteroatoms. The summed E-state index contributed by atoms with van der Waals surface area (Å²) in [5.41, 5.74) is 3.14. The molecule has 0 saturated heterocycles. The van der Waals surface area contributed by atoms with E-state index >= 15 is 0 Å². The second-order valence-corrected chi connectivity index (χ2v) is 8.95. The molecule has 0 radical (unpaired) electrons. The van der Waals surface area contributed by atoms with Gasteiger partial charge in [0.05, 0.1) is 17.5 Å². The van der Waals surface area contributed by atoms with Crippen LogP contribution in [-0.2, 0) is 16.4 Å². The number of nitrogens with one attached hydrogen (secondary N) is 1. The first-order chi connectivity index (χ1) is 10.5. The third-order valence-corrected chi connectivity index (χ3v) is 5.96. The number of sulfone groups is 1. The van der Waals surface area contributed by atoms with Crippen molar-refractivity contribution in [3.8, 4) is 0 Å². The van der Waals surface area contributed by atoms with Crippen LogP contribution in [0.1, 0.15) is 31.2 Å². The topological polar surface area (TPSA) is 72.0 Å². The average Bonchev–Trinajstić information content (AvgIpc) is 2.94. The third-order valence-electron chi connectivity index (χ3n) is 4.34. The van der Waals surface area contributed by atoms with Gasteiger partial charge in [0.1, 0.15) is 20.9 Å². The quantitative estimate of drug-likeness (QED) is 0.905. The maximum absolute atomic E-state index is 11.4. The largest absolute Gasteiger partial charge is 0.310 e. The molecule has 0 unspecified atom stereocenters. The summed E-state index contributed by atoms with van der Waals surface area (Å²) in [4.78, 5) is 0. The Morgan fingerprint density at radius 1 is 1.23 bits per heavy atom. The molecule has 5 nitrogen and oxygen atoms in total. The van der Waals surface area contributed by atoms with Crippen molar-refractivity contribution >= 4 is 32.6 Å². The van der Waals surface area contributed by atoms with E-state index < -0.39 is 9.84 Å². The van der Waals surface area contributed by atoms with Crippen LogP contribution in [0.5, 0.6) is 0 Å². The van der Waals surface area contributed by atoms with E-state index in [1.807, 2.05) is 12.1 Å². The smallest absolute Gasteiger partial charge is 0.147 e. The molecule has 22 heavy (non-hydrogen) atoms. The Morgan fingerprint density at radius 3 is 2.73 bits per heavy atom. The highest BCUT2D eigenvalue weighted by molar-refractivity contribution is 7.90. The van der Waals surface area contributed by atoms with Crippen molar-refractivity contribution in [1.29, 1.82) is 0 Å². The third kappa shape index (κ3) is 4.02. The molecule has 0 bridgehead atoms. The maximum atomic E-state index is 11.4. The standard InChI is InChI=1S/C15H21N3O2S2/c1-22(19,20)10-11-5-7-13(8-6-11)16-9-12-3-2-4-14-15(12)18-21-17-14/h2-4,11,13,16H,5-10H2,1H3. The Kier molecular flexibility index (Phi) is 4.75. The van der Waals surface area contributed by atoms with E-state index in [2.05, 4.69) is 20.1 Å². The molecule has 1 heterocycles. The molecule has 0 spiro atoms. The van der Waals surface area contributed by atoms with Crippen molar-refractivity contribution in [3.05, 3.63) is 23.8 Å². The Balaban J connectivity index is 1.52. The van der Waals surface area contributed by atoms with E-state index in [-0.39, 0.29) is 0 Å². The number of hydrogen-bond acceptors (Lipinski definition) is 6. The van der Waals surface area contributed by atoms with Crippen molar-refractivity contribution in [2.45, 2.75) is 38.3 Å². The summed E-state index contributed by atoms with van der Waals surface area (Å²) in [6.45, 7) is 0.796. The zero-order valence-electron chi connectivity index (χ0n) is 12.7. The van der Waals surface area contributed by atoms with Gasteiger partial charge in [0.2, 0.25) is 0 Å². The zero-order valence-corrected chi connectivity index (χ0v) is 14.3. The van der Waals surface area contributed by atoms with Crippen LogP contribution >= 0.6 is 11.7 Å². The Hall–Kier alpha value is -1.05. The normalized spacial score (nSPS) is 23.0.